The molecule has 0 unspecified atom stereocenters. The van der Waals surface area contributed by atoms with Crippen LogP contribution in [-0.4, -0.2) is 42.6 Å². The van der Waals surface area contributed by atoms with Gasteiger partial charge in [0.2, 0.25) is 5.88 Å². The quantitative estimate of drug-likeness (QED) is 0.425. The molecule has 1 aromatic heterocycles. The lowest BCUT2D eigenvalue weighted by Crippen LogP contribution is -2.34. The molecule has 2 N–H and O–H groups in total. The van der Waals surface area contributed by atoms with Crippen molar-refractivity contribution in [3.8, 4) is 5.75 Å². The van der Waals surface area contributed by atoms with E-state index in [1.165, 1.54) is 4.90 Å². The molecule has 9 nitrogen and oxygen atoms in total. The molecule has 1 aromatic carbocycles. The molecule has 1 amide bonds. The number of hydrogen-bond acceptors (Lipinski definition) is 8. The number of ether oxygens (including phenoxy) is 1. The maximum absolute atomic E-state index is 13.3. The molecule has 13 heteroatoms. The SMILES string of the molecule is CCN1C(=O)/C(=c2/s/c(=C(C)/C=C3\Oc4ccc(C)cc4N3CC)c(=O)n2CP(=O)(O)O)SC1=S. The maximum atomic E-state index is 13.3. The summed E-state index contributed by atoms with van der Waals surface area (Å²) in [5.41, 5.74) is 1.98. The Bertz CT molecular complexity index is 1500. The fourth-order valence-electron chi connectivity index (χ4n) is 3.84. The number of hydrogen-bond donors (Lipinski definition) is 2. The molecule has 2 aliphatic rings. The first-order chi connectivity index (χ1) is 16.4. The predicted molar refractivity (Wildman–Crippen MR) is 143 cm³/mol. The molecule has 3 heterocycles. The minimum Gasteiger partial charge on any atom is -0.439 e. The Kier molecular flexibility index (Phi) is 7.16. The third-order valence-electron chi connectivity index (χ3n) is 5.47. The predicted octanol–water partition coefficient (Wildman–Crippen LogP) is 2.27. The Morgan fingerprint density at radius 3 is 2.49 bits per heavy atom. The summed E-state index contributed by atoms with van der Waals surface area (Å²) in [6.07, 6.45) is 0.898. The summed E-state index contributed by atoms with van der Waals surface area (Å²) >= 11 is 7.32. The number of anilines is 1. The van der Waals surface area contributed by atoms with Gasteiger partial charge in [-0.05, 0) is 51.0 Å². The number of aromatic nitrogens is 1. The molecule has 0 aliphatic carbocycles. The van der Waals surface area contributed by atoms with Crippen molar-refractivity contribution in [1.82, 2.24) is 9.47 Å². The van der Waals surface area contributed by atoms with Crippen LogP contribution in [0.2, 0.25) is 0 Å². The van der Waals surface area contributed by atoms with Gasteiger partial charge in [-0.1, -0.05) is 30.0 Å². The molecule has 1 saturated heterocycles. The van der Waals surface area contributed by atoms with Gasteiger partial charge in [-0.25, -0.2) is 0 Å². The van der Waals surface area contributed by atoms with Crippen LogP contribution < -0.4 is 24.4 Å². The van der Waals surface area contributed by atoms with E-state index in [1.54, 1.807) is 19.9 Å². The van der Waals surface area contributed by atoms with Crippen molar-refractivity contribution in [3.05, 3.63) is 55.3 Å². The fourth-order valence-corrected chi connectivity index (χ4v) is 7.22. The van der Waals surface area contributed by atoms with E-state index < -0.39 is 19.4 Å². The number of thiocarbonyl (C=S) groups is 1. The van der Waals surface area contributed by atoms with Crippen LogP contribution in [0.25, 0.3) is 10.5 Å². The third-order valence-corrected chi connectivity index (χ3v) is 9.01. The zero-order valence-corrected chi connectivity index (χ0v) is 22.8. The first-order valence-corrected chi connectivity index (χ1v) is 14.6. The number of carbonyl (C=O) groups excluding carboxylic acids is 1. The molecule has 0 saturated carbocycles. The number of benzene rings is 1. The van der Waals surface area contributed by atoms with Crippen molar-refractivity contribution < 1.29 is 23.9 Å². The summed E-state index contributed by atoms with van der Waals surface area (Å²) < 4.78 is 19.6. The van der Waals surface area contributed by atoms with Crippen LogP contribution in [0.3, 0.4) is 0 Å². The molecule has 4 rings (SSSR count). The van der Waals surface area contributed by atoms with Crippen molar-refractivity contribution in [3.63, 3.8) is 0 Å². The highest BCUT2D eigenvalue weighted by Gasteiger charge is 2.34. The third kappa shape index (κ3) is 4.91. The Labute approximate surface area is 215 Å². The largest absolute Gasteiger partial charge is 0.439 e. The van der Waals surface area contributed by atoms with Gasteiger partial charge in [0.15, 0.2) is 5.75 Å². The average molecular weight is 554 g/mol. The monoisotopic (exact) mass is 553 g/mol. The molecule has 186 valence electrons. The van der Waals surface area contributed by atoms with E-state index in [0.717, 1.165) is 38.9 Å². The summed E-state index contributed by atoms with van der Waals surface area (Å²) in [4.78, 5) is 49.0. The summed E-state index contributed by atoms with van der Waals surface area (Å²) in [6.45, 7) is 8.49. The molecule has 0 atom stereocenters. The van der Waals surface area contributed by atoms with E-state index in [4.69, 9.17) is 17.0 Å². The van der Waals surface area contributed by atoms with E-state index in [9.17, 15) is 23.9 Å². The summed E-state index contributed by atoms with van der Waals surface area (Å²) in [6, 6.07) is 5.87. The Hall–Kier alpha value is -2.21. The lowest BCUT2D eigenvalue weighted by Gasteiger charge is -2.15. The van der Waals surface area contributed by atoms with Gasteiger partial charge in [-0.2, -0.15) is 0 Å². The minimum atomic E-state index is -4.61. The van der Waals surface area contributed by atoms with Gasteiger partial charge in [0.05, 0.1) is 10.2 Å². The van der Waals surface area contributed by atoms with E-state index in [1.807, 2.05) is 36.9 Å². The molecule has 0 spiro atoms. The Balaban J connectivity index is 1.92. The molecular weight excluding hydrogens is 529 g/mol. The highest BCUT2D eigenvalue weighted by Crippen LogP contribution is 2.40. The minimum absolute atomic E-state index is 0.179. The van der Waals surface area contributed by atoms with E-state index in [0.29, 0.717) is 34.6 Å². The number of rotatable bonds is 5. The van der Waals surface area contributed by atoms with E-state index in [2.05, 4.69) is 0 Å². The van der Waals surface area contributed by atoms with Crippen molar-refractivity contribution in [2.75, 3.05) is 18.0 Å². The summed E-state index contributed by atoms with van der Waals surface area (Å²) in [7, 11) is -4.61. The maximum Gasteiger partial charge on any atom is 0.345 e. The Morgan fingerprint density at radius 2 is 1.89 bits per heavy atom. The molecule has 1 fully saturated rings. The second-order valence-electron chi connectivity index (χ2n) is 8.01. The van der Waals surface area contributed by atoms with Gasteiger partial charge < -0.3 is 19.4 Å². The summed E-state index contributed by atoms with van der Waals surface area (Å²) in [5.74, 6) is 0.866. The lowest BCUT2D eigenvalue weighted by atomic mass is 10.2. The van der Waals surface area contributed by atoms with Crippen LogP contribution in [0.15, 0.2) is 35.0 Å². The van der Waals surface area contributed by atoms with E-state index >= 15 is 0 Å². The highest BCUT2D eigenvalue weighted by atomic mass is 32.2. The smallest absolute Gasteiger partial charge is 0.345 e. The lowest BCUT2D eigenvalue weighted by molar-refractivity contribution is -0.120. The average Bonchev–Trinajstić information content (AvgIpc) is 3.37. The first-order valence-electron chi connectivity index (χ1n) is 10.8. The zero-order valence-electron chi connectivity index (χ0n) is 19.5. The first kappa shape index (κ1) is 25.9. The topological polar surface area (TPSA) is 112 Å². The number of carbonyl (C=O) groups is 1. The van der Waals surface area contributed by atoms with Crippen molar-refractivity contribution in [2.45, 2.75) is 34.0 Å². The van der Waals surface area contributed by atoms with Crippen molar-refractivity contribution >= 4 is 69.3 Å². The van der Waals surface area contributed by atoms with Gasteiger partial charge in [0, 0.05) is 19.2 Å². The molecule has 0 bridgehead atoms. The number of allylic oxidation sites excluding steroid dienone is 1. The van der Waals surface area contributed by atoms with E-state index in [-0.39, 0.29) is 20.0 Å². The van der Waals surface area contributed by atoms with Crippen molar-refractivity contribution in [2.24, 2.45) is 0 Å². The molecule has 35 heavy (non-hydrogen) atoms. The van der Waals surface area contributed by atoms with Crippen LogP contribution in [0.5, 0.6) is 5.75 Å². The number of nitrogens with zero attached hydrogens (tertiary/aromatic N) is 3. The van der Waals surface area contributed by atoms with Crippen LogP contribution in [0.4, 0.5) is 5.69 Å². The van der Waals surface area contributed by atoms with Crippen LogP contribution in [0.1, 0.15) is 26.3 Å². The number of fused-ring (bicyclic) bond motifs is 1. The molecule has 0 radical (unpaired) electrons. The van der Waals surface area contributed by atoms with Gasteiger partial charge in [0.25, 0.3) is 11.5 Å². The molecule has 2 aromatic rings. The standard InChI is InChI=1S/C22H24N3O6PS3/c1-5-23-14-9-12(3)7-8-15(14)31-16(23)10-13(4)17-19(26)25(11-32(28,29)30)21(34-17)18-20(27)24(6-2)22(33)35-18/h7-10H,5-6,11H2,1-4H3,(H2,28,29,30)/b16-10-,17-13+,21-18-. The normalized spacial score (nSPS) is 19.5. The van der Waals surface area contributed by atoms with Gasteiger partial charge in [-0.3, -0.25) is 23.6 Å². The molecular formula is C22H24N3O6PS3. The summed E-state index contributed by atoms with van der Waals surface area (Å²) in [5, 5.41) is 0. The molecule has 2 aliphatic heterocycles. The highest BCUT2D eigenvalue weighted by molar-refractivity contribution is 8.30. The number of amides is 1. The number of thiazole rings is 1. The van der Waals surface area contributed by atoms with Crippen LogP contribution in [-0.2, 0) is 15.6 Å². The van der Waals surface area contributed by atoms with Crippen LogP contribution in [0, 0.1) is 6.92 Å². The number of aryl methyl sites for hydroxylation is 1. The van der Waals surface area contributed by atoms with Gasteiger partial charge in [0.1, 0.15) is 20.2 Å². The zero-order chi connectivity index (χ0) is 25.7. The van der Waals surface area contributed by atoms with Crippen LogP contribution >= 0.6 is 42.9 Å². The van der Waals surface area contributed by atoms with Crippen molar-refractivity contribution in [1.29, 1.82) is 0 Å². The van der Waals surface area contributed by atoms with Gasteiger partial charge in [-0.15, -0.1) is 11.3 Å². The van der Waals surface area contributed by atoms with Gasteiger partial charge >= 0.3 is 7.60 Å². The fraction of sp³-hybridized carbons (Fsp3) is 0.318. The Morgan fingerprint density at radius 1 is 1.20 bits per heavy atom. The number of thioether (sulfide) groups is 1. The second-order valence-corrected chi connectivity index (χ2v) is 12.3. The second kappa shape index (κ2) is 9.68.